The van der Waals surface area contributed by atoms with Crippen LogP contribution in [0.25, 0.3) is 0 Å². The lowest BCUT2D eigenvalue weighted by Gasteiger charge is -2.17. The lowest BCUT2D eigenvalue weighted by atomic mass is 10.1. The van der Waals surface area contributed by atoms with Gasteiger partial charge in [0, 0.05) is 13.3 Å². The minimum atomic E-state index is -2.77. The smallest absolute Gasteiger partial charge is 0.265 e. The molecular weight excluding hydrogens is 140 g/mol. The van der Waals surface area contributed by atoms with Crippen LogP contribution in [-0.2, 0) is 4.79 Å². The zero-order chi connectivity index (χ0) is 7.78. The molecule has 1 fully saturated rings. The van der Waals surface area contributed by atoms with Crippen molar-refractivity contribution in [2.45, 2.75) is 31.7 Å². The summed E-state index contributed by atoms with van der Waals surface area (Å²) in [7, 11) is 0. The number of halogens is 2. The van der Waals surface area contributed by atoms with Gasteiger partial charge in [-0.25, -0.2) is 8.78 Å². The average Bonchev–Trinajstić information content (AvgIpc) is 2.11. The van der Waals surface area contributed by atoms with Crippen LogP contribution in [0, 0.1) is 0 Å². The van der Waals surface area contributed by atoms with E-state index in [9.17, 15) is 13.6 Å². The molecule has 1 heterocycles. The molecule has 0 aliphatic carbocycles. The van der Waals surface area contributed by atoms with Crippen molar-refractivity contribution >= 4 is 5.91 Å². The van der Waals surface area contributed by atoms with Crippen molar-refractivity contribution in [3.05, 3.63) is 0 Å². The van der Waals surface area contributed by atoms with Crippen molar-refractivity contribution in [2.75, 3.05) is 0 Å². The molecule has 0 aromatic carbocycles. The Morgan fingerprint density at radius 1 is 1.70 bits per heavy atom. The zero-order valence-corrected chi connectivity index (χ0v) is 5.66. The molecule has 1 aliphatic rings. The maximum absolute atomic E-state index is 12.4. The number of carbonyl (C=O) groups is 1. The Morgan fingerprint density at radius 3 is 2.50 bits per heavy atom. The van der Waals surface area contributed by atoms with Gasteiger partial charge in [0.2, 0.25) is 5.91 Å². The fourth-order valence-electron chi connectivity index (χ4n) is 0.994. The molecule has 1 amide bonds. The highest BCUT2D eigenvalue weighted by Crippen LogP contribution is 2.24. The quantitative estimate of drug-likeness (QED) is 0.590. The summed E-state index contributed by atoms with van der Waals surface area (Å²) in [5.74, 6) is -3.04. The molecule has 2 nitrogen and oxygen atoms in total. The van der Waals surface area contributed by atoms with Gasteiger partial charge < -0.3 is 5.32 Å². The Hall–Kier alpha value is -0.670. The number of carbonyl (C=O) groups excluding carboxylic acids is 1. The predicted molar refractivity (Wildman–Crippen MR) is 31.8 cm³/mol. The van der Waals surface area contributed by atoms with E-state index in [-0.39, 0.29) is 18.7 Å². The third kappa shape index (κ3) is 1.43. The first-order valence-electron chi connectivity index (χ1n) is 3.17. The summed E-state index contributed by atoms with van der Waals surface area (Å²) < 4.78 is 24.8. The Labute approximate surface area is 57.6 Å². The molecule has 1 rings (SSSR count). The molecule has 58 valence electrons. The Morgan fingerprint density at radius 2 is 2.30 bits per heavy atom. The first-order chi connectivity index (χ1) is 4.50. The van der Waals surface area contributed by atoms with Gasteiger partial charge in [0.1, 0.15) is 0 Å². The molecule has 4 heteroatoms. The van der Waals surface area contributed by atoms with Crippen LogP contribution in [0.3, 0.4) is 0 Å². The second-order valence-corrected chi connectivity index (χ2v) is 2.62. The summed E-state index contributed by atoms with van der Waals surface area (Å²) in [6.07, 6.45) is 0.483. The predicted octanol–water partition coefficient (Wildman–Crippen LogP) is 0.920. The summed E-state index contributed by atoms with van der Waals surface area (Å²) in [6, 6.07) is -0.944. The van der Waals surface area contributed by atoms with E-state index in [0.29, 0.717) is 0 Å². The molecule has 1 unspecified atom stereocenters. The van der Waals surface area contributed by atoms with Crippen LogP contribution in [0.5, 0.6) is 0 Å². The largest absolute Gasteiger partial charge is 0.347 e. The highest BCUT2D eigenvalue weighted by Gasteiger charge is 2.38. The summed E-state index contributed by atoms with van der Waals surface area (Å²) in [4.78, 5) is 10.5. The number of amides is 1. The van der Waals surface area contributed by atoms with Crippen LogP contribution < -0.4 is 5.32 Å². The lowest BCUT2D eigenvalue weighted by Crippen LogP contribution is -2.39. The van der Waals surface area contributed by atoms with Crippen LogP contribution in [0.2, 0.25) is 0 Å². The van der Waals surface area contributed by atoms with E-state index in [1.165, 1.54) is 0 Å². The fraction of sp³-hybridized carbons (Fsp3) is 0.833. The third-order valence-corrected chi connectivity index (χ3v) is 1.61. The lowest BCUT2D eigenvalue weighted by molar-refractivity contribution is -0.120. The summed E-state index contributed by atoms with van der Waals surface area (Å²) >= 11 is 0. The van der Waals surface area contributed by atoms with Crippen molar-refractivity contribution in [3.63, 3.8) is 0 Å². The normalized spacial score (nSPS) is 26.7. The zero-order valence-electron chi connectivity index (χ0n) is 5.66. The second-order valence-electron chi connectivity index (χ2n) is 2.62. The maximum atomic E-state index is 12.4. The Bertz CT molecular complexity index is 152. The molecule has 1 N–H and O–H groups in total. The number of rotatable bonds is 1. The van der Waals surface area contributed by atoms with E-state index in [1.807, 2.05) is 0 Å². The number of hydrogen-bond donors (Lipinski definition) is 1. The van der Waals surface area contributed by atoms with Crippen molar-refractivity contribution < 1.29 is 13.6 Å². The highest BCUT2D eigenvalue weighted by atomic mass is 19.3. The van der Waals surface area contributed by atoms with E-state index in [0.717, 1.165) is 6.92 Å². The van der Waals surface area contributed by atoms with Gasteiger partial charge in [-0.15, -0.1) is 0 Å². The fourth-order valence-corrected chi connectivity index (χ4v) is 0.994. The minimum absolute atomic E-state index is 0.230. The molecule has 1 saturated heterocycles. The van der Waals surface area contributed by atoms with E-state index < -0.39 is 12.0 Å². The monoisotopic (exact) mass is 149 g/mol. The van der Waals surface area contributed by atoms with Gasteiger partial charge in [-0.1, -0.05) is 0 Å². The Kier molecular flexibility index (Phi) is 1.62. The van der Waals surface area contributed by atoms with E-state index >= 15 is 0 Å². The van der Waals surface area contributed by atoms with Crippen molar-refractivity contribution in [1.29, 1.82) is 0 Å². The number of nitrogens with one attached hydrogen (secondary N) is 1. The molecular formula is C6H9F2NO. The highest BCUT2D eigenvalue weighted by molar-refractivity contribution is 5.78. The summed E-state index contributed by atoms with van der Waals surface area (Å²) in [5.41, 5.74) is 0. The van der Waals surface area contributed by atoms with Gasteiger partial charge in [0.05, 0.1) is 6.04 Å². The molecule has 0 aromatic heterocycles. The van der Waals surface area contributed by atoms with Gasteiger partial charge in [-0.05, 0) is 6.42 Å². The topological polar surface area (TPSA) is 29.1 Å². The molecule has 10 heavy (non-hydrogen) atoms. The molecule has 0 aromatic rings. The SMILES string of the molecule is CC(F)(F)C1CCC(=O)N1. The van der Waals surface area contributed by atoms with Crippen LogP contribution >= 0.6 is 0 Å². The molecule has 1 atom stereocenters. The van der Waals surface area contributed by atoms with Gasteiger partial charge in [0.25, 0.3) is 5.92 Å². The second kappa shape index (κ2) is 2.18. The molecule has 0 saturated carbocycles. The molecule has 0 radical (unpaired) electrons. The first-order valence-corrected chi connectivity index (χ1v) is 3.17. The van der Waals surface area contributed by atoms with Gasteiger partial charge >= 0.3 is 0 Å². The van der Waals surface area contributed by atoms with Gasteiger partial charge in [-0.3, -0.25) is 4.79 Å². The molecule has 0 bridgehead atoms. The minimum Gasteiger partial charge on any atom is -0.347 e. The van der Waals surface area contributed by atoms with Crippen molar-refractivity contribution in [2.24, 2.45) is 0 Å². The van der Waals surface area contributed by atoms with Gasteiger partial charge in [0.15, 0.2) is 0 Å². The standard InChI is InChI=1S/C6H9F2NO/c1-6(7,8)4-2-3-5(10)9-4/h4H,2-3H2,1H3,(H,9,10). The molecule has 1 aliphatic heterocycles. The third-order valence-electron chi connectivity index (χ3n) is 1.61. The molecule has 0 spiro atoms. The van der Waals surface area contributed by atoms with Crippen LogP contribution in [0.1, 0.15) is 19.8 Å². The van der Waals surface area contributed by atoms with Gasteiger partial charge in [-0.2, -0.15) is 0 Å². The number of hydrogen-bond acceptors (Lipinski definition) is 1. The van der Waals surface area contributed by atoms with E-state index in [1.54, 1.807) is 0 Å². The average molecular weight is 149 g/mol. The van der Waals surface area contributed by atoms with E-state index in [4.69, 9.17) is 0 Å². The van der Waals surface area contributed by atoms with Crippen LogP contribution in [-0.4, -0.2) is 17.9 Å². The van der Waals surface area contributed by atoms with Crippen molar-refractivity contribution in [3.8, 4) is 0 Å². The number of alkyl halides is 2. The maximum Gasteiger partial charge on any atom is 0.265 e. The summed E-state index contributed by atoms with van der Waals surface area (Å²) in [5, 5.41) is 2.20. The van der Waals surface area contributed by atoms with E-state index in [2.05, 4.69) is 5.32 Å². The first kappa shape index (κ1) is 7.44. The van der Waals surface area contributed by atoms with Crippen LogP contribution in [0.4, 0.5) is 8.78 Å². The van der Waals surface area contributed by atoms with Crippen LogP contribution in [0.15, 0.2) is 0 Å². The Balaban J connectivity index is 2.53. The summed E-state index contributed by atoms with van der Waals surface area (Å²) in [6.45, 7) is 0.823. The van der Waals surface area contributed by atoms with Crippen molar-refractivity contribution in [1.82, 2.24) is 5.32 Å².